The number of ether oxygens (including phenoxy) is 1. The smallest absolute Gasteiger partial charge is 0.308 e. The van der Waals surface area contributed by atoms with Crippen molar-refractivity contribution >= 4 is 41.5 Å². The van der Waals surface area contributed by atoms with Gasteiger partial charge in [0.15, 0.2) is 6.10 Å². The number of aliphatic carboxylic acids is 1. The first-order valence-electron chi connectivity index (χ1n) is 15.8. The molecular weight excluding hydrogens is 586 g/mol. The number of esters is 1. The SMILES string of the molecule is CC[C@H](C)[C@H]1NC(=O)[C@H]2[C@@H](C)CCN2C(=O)[C@@H](C[C@@H](C)C(=O)O)OC(=O)CCNC(=O)[C@@H](C)N(C)C(=O)[C@@H](C(C)C)N(C)C1=O. The van der Waals surface area contributed by atoms with Crippen molar-refractivity contribution in [2.45, 2.75) is 104 Å². The summed E-state index contributed by atoms with van der Waals surface area (Å²) in [7, 11) is 2.96. The molecule has 14 nitrogen and oxygen atoms in total. The number of carbonyl (C=O) groups is 7. The molecule has 45 heavy (non-hydrogen) atoms. The Labute approximate surface area is 265 Å². The van der Waals surface area contributed by atoms with E-state index in [1.807, 2.05) is 6.92 Å². The first-order chi connectivity index (χ1) is 20.9. The normalized spacial score (nSPS) is 29.7. The molecule has 8 atom stereocenters. The van der Waals surface area contributed by atoms with Gasteiger partial charge in [-0.15, -0.1) is 0 Å². The lowest BCUT2D eigenvalue weighted by atomic mass is 9.93. The Kier molecular flexibility index (Phi) is 13.3. The summed E-state index contributed by atoms with van der Waals surface area (Å²) in [5, 5.41) is 15.0. The summed E-state index contributed by atoms with van der Waals surface area (Å²) < 4.78 is 5.47. The van der Waals surface area contributed by atoms with E-state index in [0.29, 0.717) is 12.8 Å². The van der Waals surface area contributed by atoms with Gasteiger partial charge in [0.25, 0.3) is 5.91 Å². The number of nitrogens with one attached hydrogen (secondary N) is 2. The number of amides is 5. The van der Waals surface area contributed by atoms with Crippen LogP contribution in [0.3, 0.4) is 0 Å². The van der Waals surface area contributed by atoms with Crippen LogP contribution in [0.5, 0.6) is 0 Å². The Morgan fingerprint density at radius 3 is 2.13 bits per heavy atom. The molecule has 0 saturated carbocycles. The summed E-state index contributed by atoms with van der Waals surface area (Å²) in [6.45, 7) is 12.0. The summed E-state index contributed by atoms with van der Waals surface area (Å²) in [6, 6.07) is -3.93. The molecule has 14 heteroatoms. The molecule has 0 aliphatic carbocycles. The Morgan fingerprint density at radius 2 is 1.58 bits per heavy atom. The number of hydrogen-bond acceptors (Lipinski definition) is 8. The van der Waals surface area contributed by atoms with Crippen LogP contribution in [0, 0.1) is 23.7 Å². The standard InChI is InChI=1S/C31H51N5O9/c1-10-17(4)23-29(41)35(9)24(16(2)3)30(42)34(8)20(7)26(38)32-13-11-22(37)45-21(15-19(6)31(43)44)28(40)36-14-12-18(5)25(36)27(39)33-23/h16-21,23-25H,10-15H2,1-9H3,(H,32,38)(H,33,39)(H,43,44)/t17-,18-,19+,20+,21+,23+,24+,25+/m0/s1. The summed E-state index contributed by atoms with van der Waals surface area (Å²) in [4.78, 5) is 96.7. The number of carboxylic acid groups (broad SMARTS) is 1. The van der Waals surface area contributed by atoms with E-state index in [9.17, 15) is 38.7 Å². The summed E-state index contributed by atoms with van der Waals surface area (Å²) in [5.74, 6) is -6.80. The second-order valence-electron chi connectivity index (χ2n) is 12.9. The fourth-order valence-corrected chi connectivity index (χ4v) is 5.80. The number of nitrogens with zero attached hydrogens (tertiary/aromatic N) is 3. The van der Waals surface area contributed by atoms with E-state index in [1.165, 1.54) is 42.6 Å². The van der Waals surface area contributed by atoms with Crippen molar-refractivity contribution in [2.24, 2.45) is 23.7 Å². The quantitative estimate of drug-likeness (QED) is 0.352. The topological polar surface area (TPSA) is 183 Å². The Hall–Kier alpha value is -3.71. The van der Waals surface area contributed by atoms with Gasteiger partial charge >= 0.3 is 11.9 Å². The van der Waals surface area contributed by atoms with Gasteiger partial charge in [-0.25, -0.2) is 0 Å². The van der Waals surface area contributed by atoms with Crippen molar-refractivity contribution in [3.8, 4) is 0 Å². The van der Waals surface area contributed by atoms with Gasteiger partial charge in [-0.2, -0.15) is 0 Å². The van der Waals surface area contributed by atoms with Crippen LogP contribution in [0.4, 0.5) is 0 Å². The molecule has 0 spiro atoms. The minimum Gasteiger partial charge on any atom is -0.481 e. The van der Waals surface area contributed by atoms with Gasteiger partial charge in [-0.05, 0) is 31.1 Å². The molecule has 0 aromatic heterocycles. The minimum absolute atomic E-state index is 0.159. The zero-order valence-corrected chi connectivity index (χ0v) is 28.0. The number of rotatable bonds is 6. The fourth-order valence-electron chi connectivity index (χ4n) is 5.80. The molecule has 2 heterocycles. The highest BCUT2D eigenvalue weighted by atomic mass is 16.5. The van der Waals surface area contributed by atoms with Crippen LogP contribution in [-0.2, 0) is 38.3 Å². The Morgan fingerprint density at radius 1 is 0.956 bits per heavy atom. The average molecular weight is 638 g/mol. The molecule has 0 aromatic rings. The Balaban J connectivity index is 2.60. The molecule has 0 radical (unpaired) electrons. The van der Waals surface area contributed by atoms with Crippen LogP contribution in [0.2, 0.25) is 0 Å². The van der Waals surface area contributed by atoms with E-state index >= 15 is 0 Å². The molecule has 2 aliphatic rings. The maximum absolute atomic E-state index is 14.0. The van der Waals surface area contributed by atoms with Crippen molar-refractivity contribution < 1.29 is 43.4 Å². The molecule has 2 fully saturated rings. The molecule has 0 unspecified atom stereocenters. The molecule has 5 amide bonds. The first kappa shape index (κ1) is 37.5. The van der Waals surface area contributed by atoms with E-state index < -0.39 is 77.7 Å². The molecule has 2 aliphatic heterocycles. The number of carboxylic acids is 1. The van der Waals surface area contributed by atoms with Crippen molar-refractivity contribution in [2.75, 3.05) is 27.2 Å². The van der Waals surface area contributed by atoms with Crippen LogP contribution < -0.4 is 10.6 Å². The first-order valence-corrected chi connectivity index (χ1v) is 15.8. The second-order valence-corrected chi connectivity index (χ2v) is 12.9. The Bertz CT molecular complexity index is 1140. The molecule has 2 saturated heterocycles. The van der Waals surface area contributed by atoms with Gasteiger partial charge in [0.05, 0.1) is 12.3 Å². The van der Waals surface area contributed by atoms with Crippen LogP contribution in [0.15, 0.2) is 0 Å². The predicted molar refractivity (Wildman–Crippen MR) is 163 cm³/mol. The molecule has 2 rings (SSSR count). The van der Waals surface area contributed by atoms with Crippen molar-refractivity contribution in [1.82, 2.24) is 25.3 Å². The van der Waals surface area contributed by atoms with Gasteiger partial charge in [0.1, 0.15) is 24.2 Å². The third kappa shape index (κ3) is 8.94. The fraction of sp³-hybridized carbons (Fsp3) is 0.774. The summed E-state index contributed by atoms with van der Waals surface area (Å²) in [5.41, 5.74) is 0. The van der Waals surface area contributed by atoms with E-state index in [1.54, 1.807) is 27.7 Å². The predicted octanol–water partition coefficient (Wildman–Crippen LogP) is 0.627. The van der Waals surface area contributed by atoms with Gasteiger partial charge in [-0.1, -0.05) is 48.0 Å². The van der Waals surface area contributed by atoms with Crippen LogP contribution in [0.1, 0.15) is 74.1 Å². The minimum atomic E-state index is -1.48. The van der Waals surface area contributed by atoms with E-state index in [0.717, 1.165) is 0 Å². The molecule has 0 aromatic carbocycles. The van der Waals surface area contributed by atoms with Crippen LogP contribution >= 0.6 is 0 Å². The third-order valence-corrected chi connectivity index (χ3v) is 9.15. The second kappa shape index (κ2) is 16.0. The molecule has 254 valence electrons. The van der Waals surface area contributed by atoms with Gasteiger partial charge in [0.2, 0.25) is 23.6 Å². The van der Waals surface area contributed by atoms with Gasteiger partial charge < -0.3 is 35.2 Å². The van der Waals surface area contributed by atoms with Crippen LogP contribution in [0.25, 0.3) is 0 Å². The van der Waals surface area contributed by atoms with Crippen molar-refractivity contribution in [3.05, 3.63) is 0 Å². The van der Waals surface area contributed by atoms with E-state index in [-0.39, 0.29) is 43.7 Å². The van der Waals surface area contributed by atoms with Crippen LogP contribution in [-0.4, -0.2) is 119 Å². The summed E-state index contributed by atoms with van der Waals surface area (Å²) in [6.07, 6.45) is -1.12. The largest absolute Gasteiger partial charge is 0.481 e. The third-order valence-electron chi connectivity index (χ3n) is 9.15. The number of cyclic esters (lactones) is 1. The lowest BCUT2D eigenvalue weighted by Gasteiger charge is -2.38. The highest BCUT2D eigenvalue weighted by Gasteiger charge is 2.45. The molecular formula is C31H51N5O9. The lowest BCUT2D eigenvalue weighted by molar-refractivity contribution is -0.164. The number of hydrogen-bond donors (Lipinski definition) is 3. The lowest BCUT2D eigenvalue weighted by Crippen LogP contribution is -2.61. The number of fused-ring (bicyclic) bond motifs is 1. The maximum Gasteiger partial charge on any atom is 0.308 e. The van der Waals surface area contributed by atoms with Crippen molar-refractivity contribution in [3.63, 3.8) is 0 Å². The van der Waals surface area contributed by atoms with Gasteiger partial charge in [-0.3, -0.25) is 33.6 Å². The number of carbonyl (C=O) groups excluding carboxylic acids is 6. The maximum atomic E-state index is 14.0. The van der Waals surface area contributed by atoms with Crippen molar-refractivity contribution in [1.29, 1.82) is 0 Å². The van der Waals surface area contributed by atoms with Gasteiger partial charge in [0, 0.05) is 33.6 Å². The van der Waals surface area contributed by atoms with E-state index in [4.69, 9.17) is 4.74 Å². The zero-order chi connectivity index (χ0) is 34.3. The number of likely N-dealkylation sites (N-methyl/N-ethyl adjacent to an activating group) is 2. The molecule has 3 N–H and O–H groups in total. The van der Waals surface area contributed by atoms with E-state index in [2.05, 4.69) is 10.6 Å². The summed E-state index contributed by atoms with van der Waals surface area (Å²) >= 11 is 0. The highest BCUT2D eigenvalue weighted by molar-refractivity contribution is 5.96. The zero-order valence-electron chi connectivity index (χ0n) is 28.0. The monoisotopic (exact) mass is 637 g/mol. The highest BCUT2D eigenvalue weighted by Crippen LogP contribution is 2.28. The molecule has 0 bridgehead atoms. The average Bonchev–Trinajstić information content (AvgIpc) is 3.37.